The molecule has 0 saturated carbocycles. The van der Waals surface area contributed by atoms with E-state index in [1.807, 2.05) is 0 Å². The summed E-state index contributed by atoms with van der Waals surface area (Å²) >= 11 is 0. The quantitative estimate of drug-likeness (QED) is 0.128. The summed E-state index contributed by atoms with van der Waals surface area (Å²) in [5.74, 6) is 0. The first-order chi connectivity index (χ1) is 26.1. The molecule has 15 heteroatoms. The predicted octanol–water partition coefficient (Wildman–Crippen LogP) is -14.8. The third kappa shape index (κ3) is 5.35. The van der Waals surface area contributed by atoms with Gasteiger partial charge < -0.3 is 0 Å². The molecule has 8 aromatic carbocycles. The molecule has 0 nitrogen and oxygen atoms in total. The Morgan fingerprint density at radius 2 is 0.545 bits per heavy atom. The lowest BCUT2D eigenvalue weighted by Gasteiger charge is -2.31. The molecule has 0 fully saturated rings. The SMILES string of the molecule is Bc1c(B)c(B)c2c(-c3c4c(B)c(B)c(B)c(B)c4c(-c4ccc(-c5ccc6ccccc6c5)cc4)c4c(B)c(B)c(B)c(B)c34)c(B)c(B)c(B)c2c1B. The highest BCUT2D eigenvalue weighted by Gasteiger charge is 2.28. The molecule has 246 valence electrons. The van der Waals surface area contributed by atoms with Gasteiger partial charge in [-0.3, -0.25) is 0 Å². The molecule has 0 aliphatic carbocycles. The average molecular weight is 684 g/mol. The van der Waals surface area contributed by atoms with Crippen molar-refractivity contribution in [2.45, 2.75) is 0 Å². The van der Waals surface area contributed by atoms with Gasteiger partial charge >= 0.3 is 0 Å². The second-order valence-electron chi connectivity index (χ2n) is 16.9. The molecular weight excluding hydrogens is 643 g/mol. The van der Waals surface area contributed by atoms with Gasteiger partial charge in [0.2, 0.25) is 0 Å². The second-order valence-corrected chi connectivity index (χ2v) is 16.9. The van der Waals surface area contributed by atoms with Crippen molar-refractivity contribution in [1.82, 2.24) is 0 Å². The molecule has 0 bridgehead atoms. The van der Waals surface area contributed by atoms with Crippen LogP contribution in [0.3, 0.4) is 0 Å². The van der Waals surface area contributed by atoms with Crippen LogP contribution in [0.15, 0.2) is 66.7 Å². The Morgan fingerprint density at radius 3 is 1.00 bits per heavy atom. The van der Waals surface area contributed by atoms with Crippen LogP contribution in [0.2, 0.25) is 0 Å². The minimum Gasteiger partial charge on any atom is -0.101 e. The Labute approximate surface area is 341 Å². The molecule has 0 atom stereocenters. The van der Waals surface area contributed by atoms with Crippen molar-refractivity contribution in [3.63, 3.8) is 0 Å². The zero-order valence-electron chi connectivity index (χ0n) is 35.9. The van der Waals surface area contributed by atoms with Gasteiger partial charge in [0, 0.05) is 0 Å². The van der Waals surface area contributed by atoms with Crippen molar-refractivity contribution in [3.8, 4) is 33.4 Å². The Bertz CT molecular complexity index is 2940. The molecule has 8 rings (SSSR count). The number of fused-ring (bicyclic) bond motifs is 4. The van der Waals surface area contributed by atoms with Crippen molar-refractivity contribution in [1.29, 1.82) is 0 Å². The molecule has 0 spiro atoms. The molecule has 55 heavy (non-hydrogen) atoms. The van der Waals surface area contributed by atoms with E-state index in [9.17, 15) is 0 Å². The van der Waals surface area contributed by atoms with Gasteiger partial charge in [-0.25, -0.2) is 0 Å². The van der Waals surface area contributed by atoms with E-state index in [0.717, 1.165) is 0 Å². The highest BCUT2D eigenvalue weighted by molar-refractivity contribution is 6.74. The summed E-state index contributed by atoms with van der Waals surface area (Å²) in [6.45, 7) is 0. The Morgan fingerprint density at radius 1 is 0.218 bits per heavy atom. The third-order valence-corrected chi connectivity index (χ3v) is 14.7. The molecule has 0 heterocycles. The molecule has 0 aliphatic heterocycles. The second kappa shape index (κ2) is 13.5. The molecule has 0 saturated heterocycles. The van der Waals surface area contributed by atoms with Crippen LogP contribution < -0.4 is 81.9 Å². The molecule has 0 radical (unpaired) electrons. The van der Waals surface area contributed by atoms with Gasteiger partial charge in [-0.15, -0.1) is 38.2 Å². The summed E-state index contributed by atoms with van der Waals surface area (Å²) in [6.07, 6.45) is 0. The molecule has 0 amide bonds. The lowest BCUT2D eigenvalue weighted by molar-refractivity contribution is 1.64. The monoisotopic (exact) mass is 686 g/mol. The Hall–Kier alpha value is -4.23. The Kier molecular flexibility index (Phi) is 9.23. The summed E-state index contributed by atoms with van der Waals surface area (Å²) in [5.41, 5.74) is 29.0. The zero-order valence-corrected chi connectivity index (χ0v) is 35.9. The molecular formula is C40H41B15. The van der Waals surface area contributed by atoms with E-state index in [1.165, 1.54) is 158 Å². The number of hydrogen-bond acceptors (Lipinski definition) is 0. The minimum absolute atomic E-state index is 1.24. The van der Waals surface area contributed by atoms with Crippen LogP contribution in [0.4, 0.5) is 0 Å². The first-order valence-electron chi connectivity index (χ1n) is 20.1. The fraction of sp³-hybridized carbons (Fsp3) is 0. The lowest BCUT2D eigenvalue weighted by Crippen LogP contribution is -2.53. The van der Waals surface area contributed by atoms with E-state index < -0.39 is 0 Å². The van der Waals surface area contributed by atoms with Gasteiger partial charge in [0.05, 0.1) is 0 Å². The van der Waals surface area contributed by atoms with Crippen LogP contribution in [-0.2, 0) is 0 Å². The molecule has 0 aliphatic rings. The summed E-state index contributed by atoms with van der Waals surface area (Å²) in [5, 5.41) is 11.0. The highest BCUT2D eigenvalue weighted by Crippen LogP contribution is 2.41. The number of rotatable bonds is 3. The first kappa shape index (κ1) is 37.7. The van der Waals surface area contributed by atoms with Crippen LogP contribution in [0.1, 0.15) is 0 Å². The minimum atomic E-state index is 1.24. The molecule has 0 aromatic heterocycles. The largest absolute Gasteiger partial charge is 0.139 e. The van der Waals surface area contributed by atoms with Crippen LogP contribution >= 0.6 is 0 Å². The van der Waals surface area contributed by atoms with Gasteiger partial charge in [0.15, 0.2) is 0 Å². The van der Waals surface area contributed by atoms with Gasteiger partial charge in [-0.2, -0.15) is 0 Å². The fourth-order valence-corrected chi connectivity index (χ4v) is 10.1. The number of hydrogen-bond donors (Lipinski definition) is 0. The van der Waals surface area contributed by atoms with Gasteiger partial charge in [0.25, 0.3) is 0 Å². The van der Waals surface area contributed by atoms with Crippen molar-refractivity contribution in [2.75, 3.05) is 0 Å². The summed E-state index contributed by atoms with van der Waals surface area (Å²) < 4.78 is 0. The van der Waals surface area contributed by atoms with Crippen LogP contribution in [-0.4, -0.2) is 118 Å². The fourth-order valence-electron chi connectivity index (χ4n) is 10.1. The van der Waals surface area contributed by atoms with Crippen molar-refractivity contribution >= 4 is 243 Å². The van der Waals surface area contributed by atoms with E-state index in [-0.39, 0.29) is 0 Å². The normalized spacial score (nSPS) is 11.6. The van der Waals surface area contributed by atoms with Gasteiger partial charge in [-0.1, -0.05) is 104 Å². The lowest BCUT2D eigenvalue weighted by atomic mass is 9.56. The van der Waals surface area contributed by atoms with Crippen LogP contribution in [0.5, 0.6) is 0 Å². The van der Waals surface area contributed by atoms with E-state index >= 15 is 0 Å². The third-order valence-electron chi connectivity index (χ3n) is 14.7. The van der Waals surface area contributed by atoms with Crippen molar-refractivity contribution in [2.24, 2.45) is 0 Å². The van der Waals surface area contributed by atoms with Gasteiger partial charge in [0.1, 0.15) is 118 Å². The molecule has 0 N–H and O–H groups in total. The van der Waals surface area contributed by atoms with E-state index in [0.29, 0.717) is 0 Å². The first-order valence-corrected chi connectivity index (χ1v) is 20.1. The Balaban J connectivity index is 1.61. The maximum Gasteiger partial charge on any atom is 0.139 e. The molecule has 0 unspecified atom stereocenters. The predicted molar refractivity (Wildman–Crippen MR) is 295 cm³/mol. The standard InChI is InChI=1S/C40H41B15/c41-26-19-17(14-8-5-13(6-9-14)16-10-7-12-3-1-2-4-15(12)11-16)20-22(30(45)38(53)36(51)27(20)42)18(21(19)29(44)37(52)35(26)50)23-24-25(32(47)34(49)28(23)43)33(48)40(55)39(54)31(24)46/h1-11H,41-55H2. The van der Waals surface area contributed by atoms with Crippen LogP contribution in [0.25, 0.3) is 76.5 Å². The molecule has 8 aromatic rings. The topological polar surface area (TPSA) is 0 Å². The average Bonchev–Trinajstić information content (AvgIpc) is 3.19. The number of benzene rings is 8. The van der Waals surface area contributed by atoms with E-state index in [4.69, 9.17) is 0 Å². The van der Waals surface area contributed by atoms with E-state index in [2.05, 4.69) is 184 Å². The zero-order chi connectivity index (χ0) is 39.5. The summed E-state index contributed by atoms with van der Waals surface area (Å²) in [4.78, 5) is 0. The van der Waals surface area contributed by atoms with Crippen LogP contribution in [0, 0.1) is 0 Å². The smallest absolute Gasteiger partial charge is 0.101 e. The van der Waals surface area contributed by atoms with Crippen molar-refractivity contribution < 1.29 is 0 Å². The summed E-state index contributed by atoms with van der Waals surface area (Å²) in [7, 11) is 35.4. The maximum absolute atomic E-state index is 2.39. The van der Waals surface area contributed by atoms with E-state index in [1.54, 1.807) is 0 Å². The summed E-state index contributed by atoms with van der Waals surface area (Å²) in [6, 6.07) is 25.0. The maximum atomic E-state index is 2.39. The highest BCUT2D eigenvalue weighted by atomic mass is 14.3. The van der Waals surface area contributed by atoms with Gasteiger partial charge in [-0.05, 0) is 82.5 Å². The van der Waals surface area contributed by atoms with Crippen molar-refractivity contribution in [3.05, 3.63) is 66.7 Å².